The zero-order chi connectivity index (χ0) is 27.9. The van der Waals surface area contributed by atoms with Crippen LogP contribution in [-0.4, -0.2) is 43.4 Å². The molecule has 1 unspecified atom stereocenters. The van der Waals surface area contributed by atoms with Gasteiger partial charge in [-0.25, -0.2) is 0 Å². The summed E-state index contributed by atoms with van der Waals surface area (Å²) < 4.78 is 0. The lowest BCUT2D eigenvalue weighted by atomic mass is 9.43. The Balaban J connectivity index is 1.79. The molecule has 2 fully saturated rings. The van der Waals surface area contributed by atoms with Gasteiger partial charge in [0.25, 0.3) is 0 Å². The number of benzene rings is 1. The molecule has 0 aliphatic heterocycles. The van der Waals surface area contributed by atoms with Crippen molar-refractivity contribution < 1.29 is 34.8 Å². The molecule has 7 heteroatoms. The highest BCUT2D eigenvalue weighted by Crippen LogP contribution is 2.65. The monoisotopic (exact) mass is 522 g/mol. The SMILES string of the molecule is CC(=O)C1=C(O)[C@]2(O)C(=O)C3=C(O)c4c(O)ccc(C5CCCCC5)c4C[C@]3(C)C[C@]2(C)C(C(C)C)C1=O. The van der Waals surface area contributed by atoms with E-state index < -0.39 is 56.8 Å². The molecule has 1 aromatic carbocycles. The summed E-state index contributed by atoms with van der Waals surface area (Å²) in [5.41, 5.74) is -3.56. The van der Waals surface area contributed by atoms with Crippen LogP contribution in [-0.2, 0) is 20.8 Å². The van der Waals surface area contributed by atoms with Gasteiger partial charge in [0.15, 0.2) is 17.2 Å². The van der Waals surface area contributed by atoms with E-state index in [0.29, 0.717) is 6.42 Å². The smallest absolute Gasteiger partial charge is 0.203 e. The number of phenolic OH excluding ortho intramolecular Hbond substituents is 1. The minimum absolute atomic E-state index is 0.0765. The maximum Gasteiger partial charge on any atom is 0.203 e. The Morgan fingerprint density at radius 3 is 2.24 bits per heavy atom. The fourth-order valence-electron chi connectivity index (χ4n) is 8.54. The van der Waals surface area contributed by atoms with Gasteiger partial charge < -0.3 is 20.4 Å². The maximum absolute atomic E-state index is 14.3. The minimum atomic E-state index is -2.58. The predicted octanol–water partition coefficient (Wildman–Crippen LogP) is 5.24. The van der Waals surface area contributed by atoms with Gasteiger partial charge in [-0.15, -0.1) is 0 Å². The first-order chi connectivity index (χ1) is 17.7. The van der Waals surface area contributed by atoms with E-state index in [-0.39, 0.29) is 35.1 Å². The Kier molecular flexibility index (Phi) is 5.99. The van der Waals surface area contributed by atoms with E-state index in [1.807, 2.05) is 13.0 Å². The van der Waals surface area contributed by atoms with E-state index >= 15 is 0 Å². The van der Waals surface area contributed by atoms with E-state index in [1.165, 1.54) is 6.42 Å². The number of ketones is 3. The van der Waals surface area contributed by atoms with Crippen molar-refractivity contribution >= 4 is 23.1 Å². The summed E-state index contributed by atoms with van der Waals surface area (Å²) in [6.45, 7) is 8.23. The van der Waals surface area contributed by atoms with Crippen LogP contribution in [0.5, 0.6) is 5.75 Å². The van der Waals surface area contributed by atoms with Crippen LogP contribution in [0, 0.1) is 22.7 Å². The van der Waals surface area contributed by atoms with Crippen LogP contribution in [0.2, 0.25) is 0 Å². The number of phenols is 1. The summed E-state index contributed by atoms with van der Waals surface area (Å²) in [5.74, 6) is -4.67. The summed E-state index contributed by atoms with van der Waals surface area (Å²) in [6, 6.07) is 3.47. The van der Waals surface area contributed by atoms with Gasteiger partial charge >= 0.3 is 0 Å². The molecule has 5 rings (SSSR count). The molecule has 204 valence electrons. The molecule has 4 N–H and O–H groups in total. The van der Waals surface area contributed by atoms with Crippen molar-refractivity contribution in [1.29, 1.82) is 0 Å². The number of aliphatic hydroxyl groups is 3. The van der Waals surface area contributed by atoms with Crippen LogP contribution < -0.4 is 0 Å². The Labute approximate surface area is 223 Å². The third-order valence-electron chi connectivity index (χ3n) is 9.97. The number of fused-ring (bicyclic) bond motifs is 3. The number of allylic oxidation sites excluding steroid dienone is 1. The van der Waals surface area contributed by atoms with Crippen LogP contribution >= 0.6 is 0 Å². The number of hydrogen-bond acceptors (Lipinski definition) is 7. The molecule has 0 spiro atoms. The zero-order valence-electron chi connectivity index (χ0n) is 22.9. The first kappa shape index (κ1) is 26.7. The summed E-state index contributed by atoms with van der Waals surface area (Å²) in [6.07, 6.45) is 5.87. The summed E-state index contributed by atoms with van der Waals surface area (Å²) in [5, 5.41) is 45.8. The Bertz CT molecular complexity index is 1330. The minimum Gasteiger partial charge on any atom is -0.508 e. The fourth-order valence-corrected chi connectivity index (χ4v) is 8.54. The van der Waals surface area contributed by atoms with E-state index in [4.69, 9.17) is 0 Å². The summed E-state index contributed by atoms with van der Waals surface area (Å²) >= 11 is 0. The normalized spacial score (nSPS) is 33.8. The van der Waals surface area contributed by atoms with Gasteiger partial charge in [-0.2, -0.15) is 0 Å². The van der Waals surface area contributed by atoms with Crippen molar-refractivity contribution in [3.05, 3.63) is 45.7 Å². The highest BCUT2D eigenvalue weighted by Gasteiger charge is 2.72. The second kappa shape index (κ2) is 8.54. The molecule has 0 amide bonds. The van der Waals surface area contributed by atoms with Gasteiger partial charge in [0.1, 0.15) is 22.8 Å². The molecule has 0 heterocycles. The first-order valence-corrected chi connectivity index (χ1v) is 13.8. The van der Waals surface area contributed by atoms with Crippen molar-refractivity contribution in [1.82, 2.24) is 0 Å². The lowest BCUT2D eigenvalue weighted by molar-refractivity contribution is -0.178. The van der Waals surface area contributed by atoms with E-state index in [9.17, 15) is 34.8 Å². The van der Waals surface area contributed by atoms with Crippen molar-refractivity contribution in [2.75, 3.05) is 0 Å². The highest BCUT2D eigenvalue weighted by molar-refractivity contribution is 6.24. The molecule has 7 nitrogen and oxygen atoms in total. The van der Waals surface area contributed by atoms with Crippen LogP contribution in [0.3, 0.4) is 0 Å². The van der Waals surface area contributed by atoms with Crippen molar-refractivity contribution in [3.63, 3.8) is 0 Å². The molecule has 0 aromatic heterocycles. The second-order valence-corrected chi connectivity index (χ2v) is 12.8. The Hall–Kier alpha value is -2.93. The Morgan fingerprint density at radius 2 is 1.66 bits per heavy atom. The molecular weight excluding hydrogens is 484 g/mol. The van der Waals surface area contributed by atoms with Crippen LogP contribution in [0.1, 0.15) is 95.8 Å². The van der Waals surface area contributed by atoms with Gasteiger partial charge in [-0.05, 0) is 61.6 Å². The third-order valence-corrected chi connectivity index (χ3v) is 9.97. The molecule has 4 aliphatic carbocycles. The predicted molar refractivity (Wildman–Crippen MR) is 142 cm³/mol. The quantitative estimate of drug-likeness (QED) is 0.399. The summed E-state index contributed by atoms with van der Waals surface area (Å²) in [4.78, 5) is 40.4. The number of rotatable bonds is 3. The lowest BCUT2D eigenvalue weighted by Crippen LogP contribution is -2.69. The average molecular weight is 523 g/mol. The molecule has 38 heavy (non-hydrogen) atoms. The van der Waals surface area contributed by atoms with Gasteiger partial charge in [0, 0.05) is 22.3 Å². The third kappa shape index (κ3) is 3.26. The second-order valence-electron chi connectivity index (χ2n) is 12.8. The van der Waals surface area contributed by atoms with Crippen LogP contribution in [0.4, 0.5) is 0 Å². The van der Waals surface area contributed by atoms with Crippen molar-refractivity contribution in [3.8, 4) is 5.75 Å². The number of carbonyl (C=O) groups is 3. The number of aliphatic hydroxyl groups excluding tert-OH is 2. The molecular formula is C31H38O7. The lowest BCUT2D eigenvalue weighted by Gasteiger charge is -2.60. The topological polar surface area (TPSA) is 132 Å². The zero-order valence-corrected chi connectivity index (χ0v) is 22.9. The van der Waals surface area contributed by atoms with Crippen LogP contribution in [0.25, 0.3) is 5.76 Å². The summed E-state index contributed by atoms with van der Waals surface area (Å²) in [7, 11) is 0. The van der Waals surface area contributed by atoms with Gasteiger partial charge in [0.05, 0.1) is 5.56 Å². The molecule has 1 aromatic rings. The Morgan fingerprint density at radius 1 is 1.03 bits per heavy atom. The molecule has 4 aliphatic rings. The maximum atomic E-state index is 14.3. The molecule has 0 bridgehead atoms. The van der Waals surface area contributed by atoms with Crippen molar-refractivity contribution in [2.45, 2.75) is 91.1 Å². The van der Waals surface area contributed by atoms with Gasteiger partial charge in [-0.3, -0.25) is 14.4 Å². The van der Waals surface area contributed by atoms with E-state index in [1.54, 1.807) is 26.8 Å². The molecule has 0 radical (unpaired) electrons. The first-order valence-electron chi connectivity index (χ1n) is 13.8. The van der Waals surface area contributed by atoms with E-state index in [2.05, 4.69) is 0 Å². The highest BCUT2D eigenvalue weighted by atomic mass is 16.3. The number of carbonyl (C=O) groups excluding carboxylic acids is 3. The standard InChI is InChI=1S/C31H38O7/c1-15(2)23-25(34)21(16(3)32)27(36)31(38)28(37)24-26(35)22-19(13-29(24,4)14-30(23,31)5)18(11-12-20(22)33)17-9-7-6-8-10-17/h11-12,15,17,23,33,35-36,38H,6-10,13-14H2,1-5H3/t23?,29-,30-,31+/m1/s1. The molecule has 4 atom stereocenters. The number of Topliss-reactive ketones (excluding diaryl/α,β-unsaturated/α-hetero) is 3. The van der Waals surface area contributed by atoms with Gasteiger partial charge in [-0.1, -0.05) is 53.0 Å². The molecule has 2 saturated carbocycles. The number of aromatic hydroxyl groups is 1. The average Bonchev–Trinajstić information content (AvgIpc) is 2.81. The molecule has 0 saturated heterocycles. The van der Waals surface area contributed by atoms with E-state index in [0.717, 1.165) is 43.7 Å². The van der Waals surface area contributed by atoms with Crippen LogP contribution in [0.15, 0.2) is 29.0 Å². The van der Waals surface area contributed by atoms with Gasteiger partial charge in [0.2, 0.25) is 5.78 Å². The van der Waals surface area contributed by atoms with Crippen molar-refractivity contribution in [2.24, 2.45) is 22.7 Å². The fraction of sp³-hybridized carbons (Fsp3) is 0.581. The largest absolute Gasteiger partial charge is 0.508 e. The number of hydrogen-bond donors (Lipinski definition) is 4.